The molecule has 0 radical (unpaired) electrons. The van der Waals surface area contributed by atoms with E-state index in [2.05, 4.69) is 26.3 Å². The third-order valence-electron chi connectivity index (χ3n) is 4.58. The van der Waals surface area contributed by atoms with Crippen LogP contribution >= 0.6 is 11.3 Å². The predicted molar refractivity (Wildman–Crippen MR) is 126 cm³/mol. The number of aliphatic carboxylic acids is 1. The molecule has 0 aliphatic rings. The Balaban J connectivity index is 1.46. The van der Waals surface area contributed by atoms with Gasteiger partial charge in [-0.25, -0.2) is 9.78 Å². The van der Waals surface area contributed by atoms with Crippen molar-refractivity contribution in [2.75, 3.05) is 11.9 Å². The molecule has 0 bridgehead atoms. The van der Waals surface area contributed by atoms with Crippen LogP contribution in [0.1, 0.15) is 34.1 Å². The molecule has 0 fully saturated rings. The fraction of sp³-hybridized carbons (Fsp3) is 0.174. The molecule has 11 heteroatoms. The number of benzene rings is 2. The third kappa shape index (κ3) is 7.71. The second kappa shape index (κ2) is 12.1. The number of amides is 4. The number of carboxylic acids is 1. The highest BCUT2D eigenvalue weighted by Gasteiger charge is 2.19. The lowest BCUT2D eigenvalue weighted by atomic mass is 10.0. The SMILES string of the molecule is O=C(O)CC(NC(=O)CNC(=O)c1csc(NC(=O)NCc2ccccc2)n1)c1ccccc1. The van der Waals surface area contributed by atoms with Crippen molar-refractivity contribution in [2.45, 2.75) is 19.0 Å². The van der Waals surface area contributed by atoms with Crippen molar-refractivity contribution in [1.29, 1.82) is 0 Å². The normalized spacial score (nSPS) is 11.2. The van der Waals surface area contributed by atoms with Crippen molar-refractivity contribution in [3.05, 3.63) is 82.9 Å². The van der Waals surface area contributed by atoms with Gasteiger partial charge < -0.3 is 21.1 Å². The largest absolute Gasteiger partial charge is 0.481 e. The van der Waals surface area contributed by atoms with Crippen LogP contribution in [0.3, 0.4) is 0 Å². The first-order valence-electron chi connectivity index (χ1n) is 10.3. The maximum absolute atomic E-state index is 12.3. The van der Waals surface area contributed by atoms with E-state index in [4.69, 9.17) is 5.11 Å². The van der Waals surface area contributed by atoms with Crippen LogP contribution in [0.5, 0.6) is 0 Å². The van der Waals surface area contributed by atoms with Crippen LogP contribution in [0.25, 0.3) is 0 Å². The van der Waals surface area contributed by atoms with Gasteiger partial charge in [0.1, 0.15) is 5.69 Å². The van der Waals surface area contributed by atoms with Crippen molar-refractivity contribution in [3.8, 4) is 0 Å². The highest BCUT2D eigenvalue weighted by molar-refractivity contribution is 7.14. The topological polar surface area (TPSA) is 150 Å². The quantitative estimate of drug-likeness (QED) is 0.300. The molecule has 0 spiro atoms. The highest BCUT2D eigenvalue weighted by Crippen LogP contribution is 2.17. The van der Waals surface area contributed by atoms with Crippen molar-refractivity contribution in [3.63, 3.8) is 0 Å². The van der Waals surface area contributed by atoms with E-state index in [9.17, 15) is 19.2 Å². The summed E-state index contributed by atoms with van der Waals surface area (Å²) in [4.78, 5) is 51.8. The molecule has 1 heterocycles. The molecule has 176 valence electrons. The molecule has 4 amide bonds. The molecular formula is C23H23N5O5S. The molecule has 0 aliphatic heterocycles. The summed E-state index contributed by atoms with van der Waals surface area (Å²) in [6.07, 6.45) is -0.294. The number of anilines is 1. The van der Waals surface area contributed by atoms with Gasteiger partial charge in [0.2, 0.25) is 5.91 Å². The summed E-state index contributed by atoms with van der Waals surface area (Å²) in [5.41, 5.74) is 1.62. The van der Waals surface area contributed by atoms with Crippen LogP contribution in [-0.4, -0.2) is 40.5 Å². The number of carbonyl (C=O) groups is 4. The molecule has 1 aromatic heterocycles. The molecule has 34 heavy (non-hydrogen) atoms. The molecule has 0 saturated carbocycles. The zero-order valence-electron chi connectivity index (χ0n) is 18.0. The molecule has 0 saturated heterocycles. The van der Waals surface area contributed by atoms with Crippen LogP contribution in [0.15, 0.2) is 66.0 Å². The Kier molecular flexibility index (Phi) is 8.69. The Morgan fingerprint density at radius 2 is 1.62 bits per heavy atom. The van der Waals surface area contributed by atoms with Gasteiger partial charge in [-0.2, -0.15) is 0 Å². The van der Waals surface area contributed by atoms with Gasteiger partial charge in [-0.1, -0.05) is 60.7 Å². The van der Waals surface area contributed by atoms with E-state index in [1.165, 1.54) is 5.38 Å². The molecule has 0 aliphatic carbocycles. The summed E-state index contributed by atoms with van der Waals surface area (Å²) in [5.74, 6) is -2.20. The van der Waals surface area contributed by atoms with E-state index in [0.717, 1.165) is 16.9 Å². The zero-order valence-corrected chi connectivity index (χ0v) is 18.8. The number of rotatable bonds is 10. The lowest BCUT2D eigenvalue weighted by molar-refractivity contribution is -0.137. The summed E-state index contributed by atoms with van der Waals surface area (Å²) in [6, 6.07) is 16.9. The van der Waals surface area contributed by atoms with Gasteiger partial charge in [0.15, 0.2) is 5.13 Å². The van der Waals surface area contributed by atoms with Crippen LogP contribution in [0.2, 0.25) is 0 Å². The highest BCUT2D eigenvalue weighted by atomic mass is 32.1. The van der Waals surface area contributed by atoms with Crippen molar-refractivity contribution in [1.82, 2.24) is 20.9 Å². The summed E-state index contributed by atoms with van der Waals surface area (Å²) >= 11 is 1.07. The number of carboxylic acid groups (broad SMARTS) is 1. The third-order valence-corrected chi connectivity index (χ3v) is 5.34. The van der Waals surface area contributed by atoms with Gasteiger partial charge in [0, 0.05) is 11.9 Å². The molecule has 3 aromatic rings. The Hall–Kier alpha value is -4.25. The molecule has 3 rings (SSSR count). The number of hydrogen-bond acceptors (Lipinski definition) is 6. The minimum Gasteiger partial charge on any atom is -0.481 e. The smallest absolute Gasteiger partial charge is 0.321 e. The first kappa shape index (κ1) is 24.4. The predicted octanol–water partition coefficient (Wildman–Crippen LogP) is 2.53. The van der Waals surface area contributed by atoms with E-state index in [-0.39, 0.29) is 23.8 Å². The molecular weight excluding hydrogens is 458 g/mol. The number of nitrogens with one attached hydrogen (secondary N) is 4. The van der Waals surface area contributed by atoms with E-state index in [0.29, 0.717) is 12.1 Å². The monoisotopic (exact) mass is 481 g/mol. The van der Waals surface area contributed by atoms with Crippen LogP contribution < -0.4 is 21.3 Å². The maximum Gasteiger partial charge on any atom is 0.321 e. The van der Waals surface area contributed by atoms with E-state index in [1.54, 1.807) is 30.3 Å². The number of hydrogen-bond donors (Lipinski definition) is 5. The summed E-state index contributed by atoms with van der Waals surface area (Å²) in [7, 11) is 0. The van der Waals surface area contributed by atoms with Crippen LogP contribution in [-0.2, 0) is 16.1 Å². The number of carbonyl (C=O) groups excluding carboxylic acids is 3. The summed E-state index contributed by atoms with van der Waals surface area (Å²) < 4.78 is 0. The average Bonchev–Trinajstić information content (AvgIpc) is 3.30. The Morgan fingerprint density at radius 3 is 2.29 bits per heavy atom. The zero-order chi connectivity index (χ0) is 24.3. The van der Waals surface area contributed by atoms with E-state index in [1.807, 2.05) is 30.3 Å². The average molecular weight is 482 g/mol. The lowest BCUT2D eigenvalue weighted by Gasteiger charge is -2.17. The molecule has 5 N–H and O–H groups in total. The fourth-order valence-electron chi connectivity index (χ4n) is 2.96. The first-order chi connectivity index (χ1) is 16.4. The Morgan fingerprint density at radius 1 is 0.941 bits per heavy atom. The first-order valence-corrected chi connectivity index (χ1v) is 11.2. The molecule has 2 aromatic carbocycles. The van der Waals surface area contributed by atoms with Gasteiger partial charge in [0.25, 0.3) is 5.91 Å². The Labute approximate surface area is 199 Å². The minimum absolute atomic E-state index is 0.0429. The van der Waals surface area contributed by atoms with Crippen molar-refractivity contribution < 1.29 is 24.3 Å². The van der Waals surface area contributed by atoms with Gasteiger partial charge in [-0.05, 0) is 11.1 Å². The van der Waals surface area contributed by atoms with Crippen LogP contribution in [0, 0.1) is 0 Å². The maximum atomic E-state index is 12.3. The number of urea groups is 1. The Bertz CT molecular complexity index is 1140. The van der Waals surface area contributed by atoms with Crippen molar-refractivity contribution >= 4 is 40.3 Å². The summed E-state index contributed by atoms with van der Waals surface area (Å²) in [6.45, 7) is -0.0218. The summed E-state index contributed by atoms with van der Waals surface area (Å²) in [5, 5.41) is 21.1. The number of nitrogens with zero attached hydrogens (tertiary/aromatic N) is 1. The van der Waals surface area contributed by atoms with E-state index < -0.39 is 29.9 Å². The van der Waals surface area contributed by atoms with Crippen molar-refractivity contribution in [2.24, 2.45) is 0 Å². The minimum atomic E-state index is -1.06. The van der Waals surface area contributed by atoms with Gasteiger partial charge >= 0.3 is 12.0 Å². The van der Waals surface area contributed by atoms with E-state index >= 15 is 0 Å². The van der Waals surface area contributed by atoms with Gasteiger partial charge in [0.05, 0.1) is 19.0 Å². The lowest BCUT2D eigenvalue weighted by Crippen LogP contribution is -2.39. The van der Waals surface area contributed by atoms with Gasteiger partial charge in [-0.15, -0.1) is 11.3 Å². The second-order valence-corrected chi connectivity index (χ2v) is 8.00. The standard InChI is InChI=1S/C23H23N5O5S/c29-19(26-17(11-20(30)31)16-9-5-2-6-10-16)13-24-21(32)18-14-34-23(27-18)28-22(33)25-12-15-7-3-1-4-8-15/h1-10,14,17H,11-13H2,(H,24,32)(H,26,29)(H,30,31)(H2,25,27,28,33). The second-order valence-electron chi connectivity index (χ2n) is 7.14. The molecule has 1 unspecified atom stereocenters. The molecule has 10 nitrogen and oxygen atoms in total. The van der Waals surface area contributed by atoms with Gasteiger partial charge in [-0.3, -0.25) is 19.7 Å². The van der Waals surface area contributed by atoms with Crippen LogP contribution in [0.4, 0.5) is 9.93 Å². The fourth-order valence-corrected chi connectivity index (χ4v) is 3.65. The number of aromatic nitrogens is 1. The molecule has 1 atom stereocenters. The number of thiazole rings is 1.